The maximum Gasteiger partial charge on any atom is 0.0367 e. The highest BCUT2D eigenvalue weighted by Crippen LogP contribution is 2.51. The van der Waals surface area contributed by atoms with E-state index in [2.05, 4.69) is 0 Å². The summed E-state index contributed by atoms with van der Waals surface area (Å²) >= 11 is 6.01. The number of fused-ring (bicyclic) bond motifs is 1. The molecule has 8 heavy (non-hydrogen) atoms. The SMILES string of the molecule is Cl[C@@H]1CCC[C@@H]2C[C@@H]21. The van der Waals surface area contributed by atoms with E-state index in [0.29, 0.717) is 5.38 Å². The molecule has 2 aliphatic rings. The molecule has 0 saturated heterocycles. The number of alkyl halides is 1. The number of hydrogen-bond acceptors (Lipinski definition) is 0. The first kappa shape index (κ1) is 5.10. The van der Waals surface area contributed by atoms with Crippen molar-refractivity contribution in [3.8, 4) is 0 Å². The summed E-state index contributed by atoms with van der Waals surface area (Å²) in [6, 6.07) is 0. The molecule has 0 aliphatic heterocycles. The van der Waals surface area contributed by atoms with Crippen molar-refractivity contribution < 1.29 is 0 Å². The van der Waals surface area contributed by atoms with Gasteiger partial charge in [0.2, 0.25) is 0 Å². The first-order valence-electron chi connectivity index (χ1n) is 3.52. The average Bonchev–Trinajstić information content (AvgIpc) is 2.45. The van der Waals surface area contributed by atoms with Crippen LogP contribution in [0.5, 0.6) is 0 Å². The quantitative estimate of drug-likeness (QED) is 0.442. The fourth-order valence-corrected chi connectivity index (χ4v) is 2.30. The van der Waals surface area contributed by atoms with Crippen LogP contribution in [-0.2, 0) is 0 Å². The Balaban J connectivity index is 1.99. The third kappa shape index (κ3) is 0.663. The van der Waals surface area contributed by atoms with E-state index in [4.69, 9.17) is 11.6 Å². The molecular formula is C7H11Cl. The Kier molecular flexibility index (Phi) is 1.04. The van der Waals surface area contributed by atoms with Gasteiger partial charge in [0.25, 0.3) is 0 Å². The standard InChI is InChI=1S/C7H11Cl/c8-7-3-1-2-5-4-6(5)7/h5-7H,1-4H2/t5-,6+,7-/m1/s1. The number of rotatable bonds is 0. The van der Waals surface area contributed by atoms with E-state index in [1.54, 1.807) is 0 Å². The average molecular weight is 131 g/mol. The van der Waals surface area contributed by atoms with Crippen molar-refractivity contribution >= 4 is 11.6 Å². The van der Waals surface area contributed by atoms with Gasteiger partial charge in [-0.05, 0) is 24.7 Å². The summed E-state index contributed by atoms with van der Waals surface area (Å²) in [4.78, 5) is 0. The van der Waals surface area contributed by atoms with Crippen molar-refractivity contribution in [1.82, 2.24) is 0 Å². The van der Waals surface area contributed by atoms with Crippen LogP contribution in [0.2, 0.25) is 0 Å². The molecule has 2 rings (SSSR count). The molecule has 46 valence electrons. The van der Waals surface area contributed by atoms with E-state index in [9.17, 15) is 0 Å². The van der Waals surface area contributed by atoms with E-state index >= 15 is 0 Å². The maximum atomic E-state index is 6.01. The molecule has 2 saturated carbocycles. The highest BCUT2D eigenvalue weighted by atomic mass is 35.5. The molecule has 0 aromatic rings. The largest absolute Gasteiger partial charge is 0.123 e. The van der Waals surface area contributed by atoms with E-state index in [0.717, 1.165) is 11.8 Å². The van der Waals surface area contributed by atoms with Gasteiger partial charge in [0.05, 0.1) is 0 Å². The Labute approximate surface area is 55.2 Å². The molecule has 0 bridgehead atoms. The fourth-order valence-electron chi connectivity index (χ4n) is 1.84. The second kappa shape index (κ2) is 1.63. The van der Waals surface area contributed by atoms with Crippen LogP contribution >= 0.6 is 11.6 Å². The van der Waals surface area contributed by atoms with Gasteiger partial charge in [0.1, 0.15) is 0 Å². The number of halogens is 1. The van der Waals surface area contributed by atoms with Crippen LogP contribution in [-0.4, -0.2) is 5.38 Å². The lowest BCUT2D eigenvalue weighted by atomic mass is 10.0. The van der Waals surface area contributed by atoms with Crippen molar-refractivity contribution in [2.24, 2.45) is 11.8 Å². The van der Waals surface area contributed by atoms with E-state index in [1.165, 1.54) is 25.7 Å². The zero-order chi connectivity index (χ0) is 5.56. The smallest absolute Gasteiger partial charge is 0.0367 e. The maximum absolute atomic E-state index is 6.01. The van der Waals surface area contributed by atoms with Crippen molar-refractivity contribution in [1.29, 1.82) is 0 Å². The lowest BCUT2D eigenvalue weighted by Crippen LogP contribution is -2.07. The highest BCUT2D eigenvalue weighted by Gasteiger charge is 2.44. The monoisotopic (exact) mass is 130 g/mol. The Bertz CT molecular complexity index is 101. The van der Waals surface area contributed by atoms with Crippen molar-refractivity contribution in [2.75, 3.05) is 0 Å². The molecule has 3 atom stereocenters. The normalized spacial score (nSPS) is 52.9. The van der Waals surface area contributed by atoms with Gasteiger partial charge in [0.15, 0.2) is 0 Å². The van der Waals surface area contributed by atoms with Crippen molar-refractivity contribution in [3.05, 3.63) is 0 Å². The van der Waals surface area contributed by atoms with Gasteiger partial charge < -0.3 is 0 Å². The van der Waals surface area contributed by atoms with Crippen LogP contribution in [0.25, 0.3) is 0 Å². The summed E-state index contributed by atoms with van der Waals surface area (Å²) in [6.45, 7) is 0. The third-order valence-corrected chi connectivity index (χ3v) is 3.04. The predicted octanol–water partition coefficient (Wildman–Crippen LogP) is 2.41. The molecule has 0 aromatic carbocycles. The zero-order valence-electron chi connectivity index (χ0n) is 4.94. The predicted molar refractivity (Wildman–Crippen MR) is 35.1 cm³/mol. The van der Waals surface area contributed by atoms with Gasteiger partial charge in [-0.2, -0.15) is 0 Å². The summed E-state index contributed by atoms with van der Waals surface area (Å²) in [5.41, 5.74) is 0. The summed E-state index contributed by atoms with van der Waals surface area (Å²) < 4.78 is 0. The van der Waals surface area contributed by atoms with Gasteiger partial charge >= 0.3 is 0 Å². The minimum atomic E-state index is 0.550. The fraction of sp³-hybridized carbons (Fsp3) is 1.00. The van der Waals surface area contributed by atoms with Crippen molar-refractivity contribution in [2.45, 2.75) is 31.1 Å². The summed E-state index contributed by atoms with van der Waals surface area (Å²) in [5.74, 6) is 1.98. The highest BCUT2D eigenvalue weighted by molar-refractivity contribution is 6.21. The Morgan fingerprint density at radius 3 is 2.75 bits per heavy atom. The molecule has 1 heteroatoms. The summed E-state index contributed by atoms with van der Waals surface area (Å²) in [6.07, 6.45) is 5.57. The molecule has 0 unspecified atom stereocenters. The number of hydrogen-bond donors (Lipinski definition) is 0. The summed E-state index contributed by atoms with van der Waals surface area (Å²) in [5, 5.41) is 0.550. The molecule has 2 aliphatic carbocycles. The molecule has 0 heterocycles. The molecule has 0 amide bonds. The van der Waals surface area contributed by atoms with Gasteiger partial charge in [-0.25, -0.2) is 0 Å². The Morgan fingerprint density at radius 2 is 2.12 bits per heavy atom. The van der Waals surface area contributed by atoms with Crippen molar-refractivity contribution in [3.63, 3.8) is 0 Å². The minimum absolute atomic E-state index is 0.550. The van der Waals surface area contributed by atoms with Crippen LogP contribution in [0.4, 0.5) is 0 Å². The van der Waals surface area contributed by atoms with Gasteiger partial charge in [-0.1, -0.05) is 12.8 Å². The molecule has 0 radical (unpaired) electrons. The minimum Gasteiger partial charge on any atom is -0.123 e. The molecule has 0 aromatic heterocycles. The molecular weight excluding hydrogens is 120 g/mol. The van der Waals surface area contributed by atoms with Gasteiger partial charge in [0, 0.05) is 5.38 Å². The molecule has 0 nitrogen and oxygen atoms in total. The Hall–Kier alpha value is 0.290. The zero-order valence-corrected chi connectivity index (χ0v) is 5.69. The van der Waals surface area contributed by atoms with Crippen LogP contribution < -0.4 is 0 Å². The van der Waals surface area contributed by atoms with Gasteiger partial charge in [-0.15, -0.1) is 11.6 Å². The third-order valence-electron chi connectivity index (χ3n) is 2.50. The second-order valence-electron chi connectivity index (χ2n) is 3.11. The van der Waals surface area contributed by atoms with Crippen LogP contribution in [0.3, 0.4) is 0 Å². The van der Waals surface area contributed by atoms with E-state index in [1.807, 2.05) is 0 Å². The molecule has 0 spiro atoms. The molecule has 2 fully saturated rings. The second-order valence-corrected chi connectivity index (χ2v) is 3.67. The van der Waals surface area contributed by atoms with Crippen LogP contribution in [0, 0.1) is 11.8 Å². The topological polar surface area (TPSA) is 0 Å². The lowest BCUT2D eigenvalue weighted by Gasteiger charge is -2.13. The van der Waals surface area contributed by atoms with E-state index < -0.39 is 0 Å². The van der Waals surface area contributed by atoms with Crippen LogP contribution in [0.1, 0.15) is 25.7 Å². The van der Waals surface area contributed by atoms with Crippen LogP contribution in [0.15, 0.2) is 0 Å². The Morgan fingerprint density at radius 1 is 1.25 bits per heavy atom. The first-order chi connectivity index (χ1) is 3.88. The van der Waals surface area contributed by atoms with E-state index in [-0.39, 0.29) is 0 Å². The first-order valence-corrected chi connectivity index (χ1v) is 3.95. The van der Waals surface area contributed by atoms with Gasteiger partial charge in [-0.3, -0.25) is 0 Å². The lowest BCUT2D eigenvalue weighted by molar-refractivity contribution is 0.486. The summed E-state index contributed by atoms with van der Waals surface area (Å²) in [7, 11) is 0. The molecule has 0 N–H and O–H groups in total.